The first-order valence-corrected chi connectivity index (χ1v) is 8.75. The van der Waals surface area contributed by atoms with Crippen molar-refractivity contribution in [3.05, 3.63) is 0 Å². The fourth-order valence-corrected chi connectivity index (χ4v) is 5.31. The van der Waals surface area contributed by atoms with E-state index in [1.807, 2.05) is 0 Å². The van der Waals surface area contributed by atoms with Crippen molar-refractivity contribution in [2.24, 2.45) is 22.2 Å². The second kappa shape index (κ2) is 5.45. The molecule has 0 unspecified atom stereocenters. The van der Waals surface area contributed by atoms with Gasteiger partial charge >= 0.3 is 0 Å². The molecule has 0 nitrogen and oxygen atoms in total. The highest BCUT2D eigenvalue weighted by Gasteiger charge is 2.54. The Morgan fingerprint density at radius 2 is 1.24 bits per heavy atom. The number of rotatable bonds is 4. The maximum atomic E-state index is 2.70. The van der Waals surface area contributed by atoms with E-state index < -0.39 is 0 Å². The maximum absolute atomic E-state index is 2.70. The van der Waals surface area contributed by atoms with Gasteiger partial charge in [-0.25, -0.2) is 0 Å². The van der Waals surface area contributed by atoms with E-state index >= 15 is 0 Å². The molecule has 0 spiro atoms. The Bertz CT molecular complexity index is 257. The Labute approximate surface area is 136 Å². The second-order valence-corrected chi connectivity index (χ2v) is 13.0. The zero-order chi connectivity index (χ0) is 14.3. The molecule has 1 atom stereocenters. The van der Waals surface area contributed by atoms with Gasteiger partial charge < -0.3 is 0 Å². The highest BCUT2D eigenvalue weighted by atomic mass is 127. The lowest BCUT2D eigenvalue weighted by molar-refractivity contribution is 0.0595. The average molecular weight is 464 g/mol. The minimum atomic E-state index is 0.264. The van der Waals surface area contributed by atoms with E-state index in [1.54, 1.807) is 0 Å². The summed E-state index contributed by atoms with van der Waals surface area (Å²) in [7, 11) is 0. The first kappa shape index (κ1) is 18.5. The molecule has 0 aromatic carbocycles. The molecule has 0 amide bonds. The van der Waals surface area contributed by atoms with Crippen molar-refractivity contribution >= 4 is 45.2 Å². The number of alkyl halides is 2. The van der Waals surface area contributed by atoms with Gasteiger partial charge in [0.2, 0.25) is 0 Å². The predicted octanol–water partition coefficient (Wildman–Crippen LogP) is 6.70. The van der Waals surface area contributed by atoms with Gasteiger partial charge in [-0.3, -0.25) is 0 Å². The molecule has 0 aliphatic rings. The number of halogens is 2. The lowest BCUT2D eigenvalue weighted by Gasteiger charge is -2.54. The van der Waals surface area contributed by atoms with Crippen LogP contribution in [0.5, 0.6) is 0 Å². The van der Waals surface area contributed by atoms with Gasteiger partial charge in [-0.2, -0.15) is 0 Å². The summed E-state index contributed by atoms with van der Waals surface area (Å²) in [5.74, 6) is 0.664. The van der Waals surface area contributed by atoms with Gasteiger partial charge in [0.15, 0.2) is 0 Å². The van der Waals surface area contributed by atoms with Crippen LogP contribution < -0.4 is 0 Å². The van der Waals surface area contributed by atoms with Crippen molar-refractivity contribution in [1.29, 1.82) is 0 Å². The summed E-state index contributed by atoms with van der Waals surface area (Å²) in [5.41, 5.74) is 1.00. The van der Waals surface area contributed by atoms with Crippen molar-refractivity contribution < 1.29 is 0 Å². The van der Waals surface area contributed by atoms with Crippen LogP contribution in [-0.2, 0) is 0 Å². The van der Waals surface area contributed by atoms with Gasteiger partial charge in [0.05, 0.1) is 1.43 Å². The summed E-state index contributed by atoms with van der Waals surface area (Å²) >= 11 is 5.41. The van der Waals surface area contributed by atoms with Crippen molar-refractivity contribution in [2.45, 2.75) is 70.2 Å². The Kier molecular flexibility index (Phi) is 5.92. The molecule has 0 radical (unpaired) electrons. The fourth-order valence-electron chi connectivity index (χ4n) is 1.98. The van der Waals surface area contributed by atoms with Crippen LogP contribution in [0.1, 0.15) is 68.7 Å². The minimum Gasteiger partial charge on any atom is -0.0663 e. The minimum absolute atomic E-state index is 0.264. The molecule has 17 heavy (non-hydrogen) atoms. The first-order valence-electron chi connectivity index (χ1n) is 6.59. The highest BCUT2D eigenvalue weighted by molar-refractivity contribution is 14.2. The van der Waals surface area contributed by atoms with Crippen LogP contribution in [0.3, 0.4) is 0 Å². The Hall–Kier alpha value is 1.46. The topological polar surface area (TPSA) is 0 Å². The molecule has 0 aromatic rings. The van der Waals surface area contributed by atoms with Crippen LogP contribution in [0, 0.1) is 22.2 Å². The predicted molar refractivity (Wildman–Crippen MR) is 97.2 cm³/mol. The van der Waals surface area contributed by atoms with Gasteiger partial charge in [0.1, 0.15) is 0 Å². The Morgan fingerprint density at radius 1 is 0.882 bits per heavy atom. The molecule has 0 rings (SSSR count). The van der Waals surface area contributed by atoms with Crippen molar-refractivity contribution in [3.8, 4) is 0 Å². The van der Waals surface area contributed by atoms with E-state index in [1.165, 1.54) is 6.42 Å². The molecular weight excluding hydrogens is 434 g/mol. The maximum Gasteiger partial charge on any atom is 0.0820 e. The number of hydrogen-bond acceptors (Lipinski definition) is 0. The van der Waals surface area contributed by atoms with Crippen LogP contribution in [0.4, 0.5) is 0 Å². The molecule has 0 N–H and O–H groups in total. The molecule has 0 heterocycles. The molecule has 0 bridgehead atoms. The van der Waals surface area contributed by atoms with Gasteiger partial charge in [-0.1, -0.05) is 114 Å². The van der Waals surface area contributed by atoms with Crippen LogP contribution in [-0.4, -0.2) is 1.43 Å². The quantitative estimate of drug-likeness (QED) is 0.321. The lowest BCUT2D eigenvalue weighted by Crippen LogP contribution is -2.51. The third-order valence-corrected chi connectivity index (χ3v) is 9.82. The molecule has 0 fully saturated rings. The molecule has 0 aliphatic carbocycles. The zero-order valence-electron chi connectivity index (χ0n) is 13.0. The molecular formula is C15H30I2. The Morgan fingerprint density at radius 3 is 1.47 bits per heavy atom. The third-order valence-electron chi connectivity index (χ3n) is 5.25. The average Bonchev–Trinajstić information content (AvgIpc) is 2.14. The summed E-state index contributed by atoms with van der Waals surface area (Å²) in [6.07, 6.45) is 1.23. The van der Waals surface area contributed by atoms with E-state index in [0.29, 0.717) is 22.2 Å². The standard InChI is InChI=1S/C15H30I2/c1-10-13(6,7)14(8,9)15(16,17)11(2)12(3,4)5/h11H,10H2,1-9H3/t11-/m0/s1. The highest BCUT2D eigenvalue weighted by Crippen LogP contribution is 2.62. The molecule has 0 saturated heterocycles. The normalized spacial score (nSPS) is 17.1. The molecule has 0 aliphatic heterocycles. The van der Waals surface area contributed by atoms with Gasteiger partial charge in [0, 0.05) is 0 Å². The van der Waals surface area contributed by atoms with E-state index in [4.69, 9.17) is 0 Å². The van der Waals surface area contributed by atoms with E-state index in [2.05, 4.69) is 107 Å². The van der Waals surface area contributed by atoms with E-state index in [-0.39, 0.29) is 1.43 Å². The Balaban J connectivity index is 5.45. The van der Waals surface area contributed by atoms with Crippen LogP contribution in [0.15, 0.2) is 0 Å². The third kappa shape index (κ3) is 3.51. The SMILES string of the molecule is CCC(C)(C)C(C)(C)C(I)(I)[C@@H](C)C(C)(C)C. The van der Waals surface area contributed by atoms with Crippen LogP contribution in [0.2, 0.25) is 0 Å². The van der Waals surface area contributed by atoms with Crippen molar-refractivity contribution in [3.63, 3.8) is 0 Å². The molecule has 0 aromatic heterocycles. The summed E-state index contributed by atoms with van der Waals surface area (Å²) in [4.78, 5) is 0. The molecule has 0 saturated carbocycles. The number of hydrogen-bond donors (Lipinski definition) is 0. The summed E-state index contributed by atoms with van der Waals surface area (Å²) in [6, 6.07) is 0. The van der Waals surface area contributed by atoms with Crippen LogP contribution >= 0.6 is 45.2 Å². The van der Waals surface area contributed by atoms with Gasteiger partial charge in [0.25, 0.3) is 0 Å². The second-order valence-electron chi connectivity index (χ2n) is 7.57. The summed E-state index contributed by atoms with van der Waals surface area (Å²) in [6.45, 7) is 21.5. The van der Waals surface area contributed by atoms with E-state index in [0.717, 1.165) is 0 Å². The smallest absolute Gasteiger partial charge is 0.0663 e. The van der Waals surface area contributed by atoms with Gasteiger partial charge in [-0.15, -0.1) is 0 Å². The van der Waals surface area contributed by atoms with Crippen molar-refractivity contribution in [2.75, 3.05) is 0 Å². The summed E-state index contributed by atoms with van der Waals surface area (Å²) in [5, 5.41) is 0. The van der Waals surface area contributed by atoms with Crippen LogP contribution in [0.25, 0.3) is 0 Å². The monoisotopic (exact) mass is 464 g/mol. The van der Waals surface area contributed by atoms with E-state index in [9.17, 15) is 0 Å². The molecule has 104 valence electrons. The lowest BCUT2D eigenvalue weighted by atomic mass is 9.60. The first-order chi connectivity index (χ1) is 7.22. The largest absolute Gasteiger partial charge is 0.0820 e. The fraction of sp³-hybridized carbons (Fsp3) is 1.00. The van der Waals surface area contributed by atoms with Gasteiger partial charge in [-0.05, 0) is 22.2 Å². The molecule has 2 heteroatoms. The van der Waals surface area contributed by atoms with Crippen molar-refractivity contribution in [1.82, 2.24) is 0 Å². The zero-order valence-corrected chi connectivity index (χ0v) is 17.4. The summed E-state index contributed by atoms with van der Waals surface area (Å²) < 4.78 is 0.264.